The van der Waals surface area contributed by atoms with E-state index in [4.69, 9.17) is 10.5 Å². The standard InChI is InChI=1S/C19H17N3O4S2/c1-10-14(28-17(21-10)12-6-4-3-5-7-12)19(25)26-11(2)16(24)22-18-13(15(20)23)8-9-27-18/h3-9,11H,1-2H3,(H2,20,23)(H,22,24)/t11-/m0/s1. The fourth-order valence-electron chi connectivity index (χ4n) is 2.37. The minimum Gasteiger partial charge on any atom is -0.448 e. The second-order valence-electron chi connectivity index (χ2n) is 5.86. The van der Waals surface area contributed by atoms with Crippen LogP contribution in [0, 0.1) is 6.92 Å². The highest BCUT2D eigenvalue weighted by molar-refractivity contribution is 7.17. The number of hydrogen-bond acceptors (Lipinski definition) is 7. The molecule has 1 atom stereocenters. The number of benzene rings is 1. The van der Waals surface area contributed by atoms with Crippen LogP contribution in [0.5, 0.6) is 0 Å². The molecule has 0 aliphatic carbocycles. The molecule has 144 valence electrons. The largest absolute Gasteiger partial charge is 0.448 e. The Bertz CT molecular complexity index is 1030. The first-order valence-electron chi connectivity index (χ1n) is 8.28. The SMILES string of the molecule is Cc1nc(-c2ccccc2)sc1C(=O)O[C@@H](C)C(=O)Nc1sccc1C(N)=O. The zero-order valence-electron chi connectivity index (χ0n) is 15.1. The topological polar surface area (TPSA) is 111 Å². The normalized spacial score (nSPS) is 11.6. The molecule has 1 aromatic carbocycles. The van der Waals surface area contributed by atoms with E-state index in [1.54, 1.807) is 12.3 Å². The number of carbonyl (C=O) groups excluding carboxylic acids is 3. The van der Waals surface area contributed by atoms with E-state index in [-0.39, 0.29) is 5.56 Å². The van der Waals surface area contributed by atoms with Crippen LogP contribution in [0.15, 0.2) is 41.8 Å². The lowest BCUT2D eigenvalue weighted by Crippen LogP contribution is -2.30. The number of nitrogens with two attached hydrogens (primary N) is 1. The minimum absolute atomic E-state index is 0.211. The minimum atomic E-state index is -1.06. The van der Waals surface area contributed by atoms with Gasteiger partial charge in [0, 0.05) is 5.56 Å². The molecule has 9 heteroatoms. The summed E-state index contributed by atoms with van der Waals surface area (Å²) in [5, 5.41) is 5.22. The lowest BCUT2D eigenvalue weighted by molar-refractivity contribution is -0.123. The van der Waals surface area contributed by atoms with Gasteiger partial charge in [-0.1, -0.05) is 30.3 Å². The number of ether oxygens (including phenoxy) is 1. The van der Waals surface area contributed by atoms with Crippen molar-refractivity contribution in [2.75, 3.05) is 5.32 Å². The molecule has 2 heterocycles. The molecular formula is C19H17N3O4S2. The van der Waals surface area contributed by atoms with E-state index in [0.717, 1.165) is 16.9 Å². The van der Waals surface area contributed by atoms with Crippen molar-refractivity contribution in [3.63, 3.8) is 0 Å². The van der Waals surface area contributed by atoms with Crippen molar-refractivity contribution in [1.29, 1.82) is 0 Å². The van der Waals surface area contributed by atoms with Crippen LogP contribution in [0.25, 0.3) is 10.6 Å². The van der Waals surface area contributed by atoms with E-state index in [1.807, 2.05) is 30.3 Å². The van der Waals surface area contributed by atoms with Gasteiger partial charge >= 0.3 is 5.97 Å². The molecular weight excluding hydrogens is 398 g/mol. The number of rotatable bonds is 6. The number of esters is 1. The summed E-state index contributed by atoms with van der Waals surface area (Å²) in [4.78, 5) is 40.9. The van der Waals surface area contributed by atoms with Gasteiger partial charge in [-0.3, -0.25) is 9.59 Å². The molecule has 0 bridgehead atoms. The number of anilines is 1. The molecule has 0 saturated carbocycles. The van der Waals surface area contributed by atoms with E-state index in [9.17, 15) is 14.4 Å². The van der Waals surface area contributed by atoms with E-state index < -0.39 is 23.9 Å². The molecule has 0 radical (unpaired) electrons. The van der Waals surface area contributed by atoms with Crippen LogP contribution >= 0.6 is 22.7 Å². The first kappa shape index (κ1) is 19.7. The Morgan fingerprint density at radius 1 is 1.18 bits per heavy atom. The van der Waals surface area contributed by atoms with Crippen molar-refractivity contribution >= 4 is 45.5 Å². The van der Waals surface area contributed by atoms with Crippen molar-refractivity contribution in [2.45, 2.75) is 20.0 Å². The third-order valence-electron chi connectivity index (χ3n) is 3.82. The predicted molar refractivity (Wildman–Crippen MR) is 109 cm³/mol. The van der Waals surface area contributed by atoms with Gasteiger partial charge in [0.05, 0.1) is 11.3 Å². The number of hydrogen-bond donors (Lipinski definition) is 2. The molecule has 0 saturated heterocycles. The Hall–Kier alpha value is -3.04. The maximum absolute atomic E-state index is 12.5. The van der Waals surface area contributed by atoms with E-state index >= 15 is 0 Å². The smallest absolute Gasteiger partial charge is 0.351 e. The van der Waals surface area contributed by atoms with Gasteiger partial charge in [-0.25, -0.2) is 9.78 Å². The van der Waals surface area contributed by atoms with Gasteiger partial charge in [0.25, 0.3) is 11.8 Å². The average molecular weight is 415 g/mol. The molecule has 7 nitrogen and oxygen atoms in total. The van der Waals surface area contributed by atoms with Gasteiger partial charge < -0.3 is 15.8 Å². The molecule has 0 unspecified atom stereocenters. The van der Waals surface area contributed by atoms with E-state index in [0.29, 0.717) is 20.6 Å². The molecule has 3 rings (SSSR count). The number of nitrogens with one attached hydrogen (secondary N) is 1. The maximum Gasteiger partial charge on any atom is 0.351 e. The summed E-state index contributed by atoms with van der Waals surface area (Å²) in [5.41, 5.74) is 6.91. The van der Waals surface area contributed by atoms with Gasteiger partial charge in [-0.15, -0.1) is 22.7 Å². The highest BCUT2D eigenvalue weighted by atomic mass is 32.1. The van der Waals surface area contributed by atoms with E-state index in [2.05, 4.69) is 10.3 Å². The van der Waals surface area contributed by atoms with Crippen LogP contribution in [0.4, 0.5) is 5.00 Å². The third-order valence-corrected chi connectivity index (χ3v) is 5.84. The monoisotopic (exact) mass is 415 g/mol. The number of primary amides is 1. The van der Waals surface area contributed by atoms with Crippen molar-refractivity contribution in [1.82, 2.24) is 4.98 Å². The Balaban J connectivity index is 1.69. The number of aryl methyl sites for hydroxylation is 1. The number of thiazole rings is 1. The zero-order chi connectivity index (χ0) is 20.3. The first-order valence-corrected chi connectivity index (χ1v) is 9.98. The quantitative estimate of drug-likeness (QED) is 0.599. The molecule has 0 spiro atoms. The Labute approximate surface area is 169 Å². The molecule has 2 aromatic heterocycles. The summed E-state index contributed by atoms with van der Waals surface area (Å²) in [5.74, 6) is -1.82. The Kier molecular flexibility index (Phi) is 5.86. The van der Waals surface area contributed by atoms with Crippen molar-refractivity contribution in [3.05, 3.63) is 57.9 Å². The predicted octanol–water partition coefficient (Wildman–Crippen LogP) is 3.46. The van der Waals surface area contributed by atoms with Crippen LogP contribution in [-0.2, 0) is 9.53 Å². The van der Waals surface area contributed by atoms with Gasteiger partial charge in [0.15, 0.2) is 6.10 Å². The summed E-state index contributed by atoms with van der Waals surface area (Å²) in [6, 6.07) is 11.0. The summed E-state index contributed by atoms with van der Waals surface area (Å²) < 4.78 is 5.29. The second-order valence-corrected chi connectivity index (χ2v) is 7.78. The summed E-state index contributed by atoms with van der Waals surface area (Å²) in [6.07, 6.45) is -1.06. The van der Waals surface area contributed by atoms with Gasteiger partial charge in [0.2, 0.25) is 0 Å². The van der Waals surface area contributed by atoms with E-state index in [1.165, 1.54) is 24.3 Å². The first-order chi connectivity index (χ1) is 13.4. The van der Waals surface area contributed by atoms with Crippen LogP contribution < -0.4 is 11.1 Å². The van der Waals surface area contributed by atoms with Crippen molar-refractivity contribution in [2.24, 2.45) is 5.73 Å². The lowest BCUT2D eigenvalue weighted by Gasteiger charge is -2.12. The number of carbonyl (C=O) groups is 3. The highest BCUT2D eigenvalue weighted by Gasteiger charge is 2.24. The molecule has 3 N–H and O–H groups in total. The Morgan fingerprint density at radius 3 is 2.57 bits per heavy atom. The number of nitrogens with zero attached hydrogens (tertiary/aromatic N) is 1. The van der Waals surface area contributed by atoms with Crippen molar-refractivity contribution in [3.8, 4) is 10.6 Å². The molecule has 3 aromatic rings. The van der Waals surface area contributed by atoms with Crippen LogP contribution in [0.2, 0.25) is 0 Å². The molecule has 0 aliphatic rings. The van der Waals surface area contributed by atoms with Gasteiger partial charge in [-0.2, -0.15) is 0 Å². The number of amides is 2. The third kappa shape index (κ3) is 4.26. The van der Waals surface area contributed by atoms with Crippen molar-refractivity contribution < 1.29 is 19.1 Å². The fourth-order valence-corrected chi connectivity index (χ4v) is 4.12. The molecule has 0 fully saturated rings. The summed E-state index contributed by atoms with van der Waals surface area (Å²) in [6.45, 7) is 3.17. The molecule has 28 heavy (non-hydrogen) atoms. The van der Waals surface area contributed by atoms with Gasteiger partial charge in [0.1, 0.15) is 14.9 Å². The van der Waals surface area contributed by atoms with Gasteiger partial charge in [-0.05, 0) is 25.3 Å². The van der Waals surface area contributed by atoms with Crippen LogP contribution in [0.1, 0.15) is 32.6 Å². The lowest BCUT2D eigenvalue weighted by atomic mass is 10.2. The summed E-state index contributed by atoms with van der Waals surface area (Å²) >= 11 is 2.37. The average Bonchev–Trinajstić information content (AvgIpc) is 3.29. The highest BCUT2D eigenvalue weighted by Crippen LogP contribution is 2.28. The maximum atomic E-state index is 12.5. The van der Waals surface area contributed by atoms with Crippen LogP contribution in [-0.4, -0.2) is 28.9 Å². The summed E-state index contributed by atoms with van der Waals surface area (Å²) in [7, 11) is 0. The molecule has 0 aliphatic heterocycles. The Morgan fingerprint density at radius 2 is 1.89 bits per heavy atom. The van der Waals surface area contributed by atoms with Crippen LogP contribution in [0.3, 0.4) is 0 Å². The zero-order valence-corrected chi connectivity index (χ0v) is 16.7. The number of thiophene rings is 1. The fraction of sp³-hybridized carbons (Fsp3) is 0.158. The second kappa shape index (κ2) is 8.32. The number of aromatic nitrogens is 1. The molecule has 2 amide bonds.